The van der Waals surface area contributed by atoms with E-state index in [4.69, 9.17) is 4.74 Å². The van der Waals surface area contributed by atoms with E-state index in [0.29, 0.717) is 24.8 Å². The molecule has 7 nitrogen and oxygen atoms in total. The highest BCUT2D eigenvalue weighted by Gasteiger charge is 2.24. The van der Waals surface area contributed by atoms with Crippen LogP contribution in [0.4, 0.5) is 16.2 Å². The third-order valence-corrected chi connectivity index (χ3v) is 4.95. The highest BCUT2D eigenvalue weighted by Crippen LogP contribution is 2.38. The fourth-order valence-electron chi connectivity index (χ4n) is 3.56. The number of nitrogens with one attached hydrogen (secondary N) is 2. The molecule has 0 radical (unpaired) electrons. The van der Waals surface area contributed by atoms with E-state index in [1.54, 1.807) is 29.7 Å². The standard InChI is InChI=1S/C21H23N5O2/c1-2-26(21(27)25-16-4-3-8-22-12-16)18-5-6-20-19(11-18)15(7-9-28-20)10-17-13-23-14-24-17/h3-6,8,11-15H,2,7,9-10H2,1H3,(H,23,24)(H,25,27). The molecular weight excluding hydrogens is 354 g/mol. The Balaban J connectivity index is 1.58. The number of H-pyrrole nitrogens is 1. The van der Waals surface area contributed by atoms with Crippen LogP contribution < -0.4 is 15.0 Å². The number of hydrogen-bond acceptors (Lipinski definition) is 4. The number of amides is 2. The number of aromatic amines is 1. The van der Waals surface area contributed by atoms with Gasteiger partial charge in [0.2, 0.25) is 0 Å². The van der Waals surface area contributed by atoms with Gasteiger partial charge in [0.15, 0.2) is 0 Å². The molecule has 2 aromatic heterocycles. The molecule has 2 amide bonds. The van der Waals surface area contributed by atoms with Gasteiger partial charge in [-0.25, -0.2) is 9.78 Å². The van der Waals surface area contributed by atoms with E-state index in [9.17, 15) is 4.79 Å². The van der Waals surface area contributed by atoms with Gasteiger partial charge in [-0.1, -0.05) is 0 Å². The summed E-state index contributed by atoms with van der Waals surface area (Å²) in [5.41, 5.74) is 3.67. The number of aromatic nitrogens is 3. The summed E-state index contributed by atoms with van der Waals surface area (Å²) in [5.74, 6) is 1.20. The van der Waals surface area contributed by atoms with Crippen molar-refractivity contribution in [2.45, 2.75) is 25.7 Å². The van der Waals surface area contributed by atoms with Crippen LogP contribution in [-0.2, 0) is 6.42 Å². The minimum atomic E-state index is -0.184. The Morgan fingerprint density at radius 3 is 3.07 bits per heavy atom. The first-order valence-corrected chi connectivity index (χ1v) is 9.47. The number of carbonyl (C=O) groups is 1. The van der Waals surface area contributed by atoms with Crippen molar-refractivity contribution in [2.75, 3.05) is 23.4 Å². The molecule has 28 heavy (non-hydrogen) atoms. The van der Waals surface area contributed by atoms with E-state index in [1.165, 1.54) is 0 Å². The van der Waals surface area contributed by atoms with Gasteiger partial charge in [-0.3, -0.25) is 9.88 Å². The first kappa shape index (κ1) is 18.0. The molecule has 1 aromatic carbocycles. The van der Waals surface area contributed by atoms with Gasteiger partial charge in [0.1, 0.15) is 5.75 Å². The number of nitrogens with zero attached hydrogens (tertiary/aromatic N) is 3. The number of imidazole rings is 1. The topological polar surface area (TPSA) is 83.1 Å². The van der Waals surface area contributed by atoms with Crippen LogP contribution in [0.25, 0.3) is 0 Å². The Hall–Kier alpha value is -3.35. The number of hydrogen-bond donors (Lipinski definition) is 2. The fraction of sp³-hybridized carbons (Fsp3) is 0.286. The summed E-state index contributed by atoms with van der Waals surface area (Å²) in [6, 6.07) is 9.39. The predicted molar refractivity (Wildman–Crippen MR) is 108 cm³/mol. The van der Waals surface area contributed by atoms with Crippen molar-refractivity contribution >= 4 is 17.4 Å². The summed E-state index contributed by atoms with van der Waals surface area (Å²) in [6.07, 6.45) is 8.71. The summed E-state index contributed by atoms with van der Waals surface area (Å²) < 4.78 is 5.84. The van der Waals surface area contributed by atoms with Crippen LogP contribution in [0.1, 0.15) is 30.5 Å². The lowest BCUT2D eigenvalue weighted by atomic mass is 9.89. The SMILES string of the molecule is CCN(C(=O)Nc1cccnc1)c1ccc2c(c1)C(Cc1c[nH]cn1)CCO2. The lowest BCUT2D eigenvalue weighted by Crippen LogP contribution is -2.35. The smallest absolute Gasteiger partial charge is 0.326 e. The van der Waals surface area contributed by atoms with Crippen molar-refractivity contribution in [1.82, 2.24) is 15.0 Å². The molecule has 3 heterocycles. The molecule has 3 aromatic rings. The lowest BCUT2D eigenvalue weighted by molar-refractivity contribution is 0.257. The van der Waals surface area contributed by atoms with Gasteiger partial charge in [0, 0.05) is 24.6 Å². The van der Waals surface area contributed by atoms with E-state index in [1.807, 2.05) is 31.3 Å². The second kappa shape index (κ2) is 8.12. The van der Waals surface area contributed by atoms with E-state index >= 15 is 0 Å². The van der Waals surface area contributed by atoms with E-state index in [0.717, 1.165) is 35.5 Å². The van der Waals surface area contributed by atoms with Crippen LogP contribution >= 0.6 is 0 Å². The lowest BCUT2D eigenvalue weighted by Gasteiger charge is -2.28. The van der Waals surface area contributed by atoms with Gasteiger partial charge in [-0.05, 0) is 61.6 Å². The number of fused-ring (bicyclic) bond motifs is 1. The van der Waals surface area contributed by atoms with Crippen LogP contribution in [0, 0.1) is 0 Å². The highest BCUT2D eigenvalue weighted by atomic mass is 16.5. The van der Waals surface area contributed by atoms with Crippen LogP contribution in [-0.4, -0.2) is 34.1 Å². The molecule has 144 valence electrons. The van der Waals surface area contributed by atoms with E-state index in [-0.39, 0.29) is 6.03 Å². The number of urea groups is 1. The minimum Gasteiger partial charge on any atom is -0.493 e. The number of benzene rings is 1. The molecule has 4 rings (SSSR count). The number of ether oxygens (including phenoxy) is 1. The molecule has 0 saturated heterocycles. The number of anilines is 2. The molecule has 0 bridgehead atoms. The first-order chi connectivity index (χ1) is 13.7. The van der Waals surface area contributed by atoms with Gasteiger partial charge in [0.25, 0.3) is 0 Å². The maximum Gasteiger partial charge on any atom is 0.326 e. The molecule has 1 aliphatic rings. The zero-order chi connectivity index (χ0) is 19.3. The Bertz CT molecular complexity index is 927. The monoisotopic (exact) mass is 377 g/mol. The maximum atomic E-state index is 12.8. The van der Waals surface area contributed by atoms with Gasteiger partial charge in [-0.2, -0.15) is 0 Å². The Labute approximate surface area is 163 Å². The van der Waals surface area contributed by atoms with Crippen molar-refractivity contribution in [2.24, 2.45) is 0 Å². The van der Waals surface area contributed by atoms with Crippen molar-refractivity contribution in [3.8, 4) is 5.75 Å². The molecule has 0 fully saturated rings. The van der Waals surface area contributed by atoms with Crippen molar-refractivity contribution < 1.29 is 9.53 Å². The van der Waals surface area contributed by atoms with E-state index < -0.39 is 0 Å². The van der Waals surface area contributed by atoms with Crippen LogP contribution in [0.3, 0.4) is 0 Å². The third kappa shape index (κ3) is 3.83. The largest absolute Gasteiger partial charge is 0.493 e. The van der Waals surface area contributed by atoms with Crippen LogP contribution in [0.15, 0.2) is 55.2 Å². The molecule has 0 spiro atoms. The second-order valence-corrected chi connectivity index (χ2v) is 6.74. The quantitative estimate of drug-likeness (QED) is 0.705. The third-order valence-electron chi connectivity index (χ3n) is 4.95. The molecule has 1 atom stereocenters. The number of pyridine rings is 1. The maximum absolute atomic E-state index is 12.8. The highest BCUT2D eigenvalue weighted by molar-refractivity contribution is 6.01. The summed E-state index contributed by atoms with van der Waals surface area (Å²) in [5, 5.41) is 2.90. The molecule has 1 unspecified atom stereocenters. The van der Waals surface area contributed by atoms with Gasteiger partial charge < -0.3 is 15.0 Å². The van der Waals surface area contributed by atoms with Gasteiger partial charge >= 0.3 is 6.03 Å². The molecular formula is C21H23N5O2. The normalized spacial score (nSPS) is 15.4. The fourth-order valence-corrected chi connectivity index (χ4v) is 3.56. The molecule has 7 heteroatoms. The Kier molecular flexibility index (Phi) is 5.23. The second-order valence-electron chi connectivity index (χ2n) is 6.74. The van der Waals surface area contributed by atoms with Crippen molar-refractivity contribution in [3.05, 3.63) is 66.5 Å². The first-order valence-electron chi connectivity index (χ1n) is 9.47. The van der Waals surface area contributed by atoms with Crippen LogP contribution in [0.5, 0.6) is 5.75 Å². The predicted octanol–water partition coefficient (Wildman–Crippen LogP) is 3.97. The Morgan fingerprint density at radius 1 is 1.39 bits per heavy atom. The summed E-state index contributed by atoms with van der Waals surface area (Å²) >= 11 is 0. The zero-order valence-corrected chi connectivity index (χ0v) is 15.8. The van der Waals surface area contributed by atoms with E-state index in [2.05, 4.69) is 26.3 Å². The Morgan fingerprint density at radius 2 is 2.32 bits per heavy atom. The molecule has 0 aliphatic carbocycles. The molecule has 1 aliphatic heterocycles. The zero-order valence-electron chi connectivity index (χ0n) is 15.8. The van der Waals surface area contributed by atoms with Crippen molar-refractivity contribution in [3.63, 3.8) is 0 Å². The van der Waals surface area contributed by atoms with Gasteiger partial charge in [0.05, 0.1) is 30.5 Å². The number of carbonyl (C=O) groups excluding carboxylic acids is 1. The van der Waals surface area contributed by atoms with Crippen LogP contribution in [0.2, 0.25) is 0 Å². The van der Waals surface area contributed by atoms with Gasteiger partial charge in [-0.15, -0.1) is 0 Å². The summed E-state index contributed by atoms with van der Waals surface area (Å²) in [4.78, 5) is 25.9. The summed E-state index contributed by atoms with van der Waals surface area (Å²) in [6.45, 7) is 3.20. The van der Waals surface area contributed by atoms with Crippen molar-refractivity contribution in [1.29, 1.82) is 0 Å². The molecule has 0 saturated carbocycles. The number of rotatable bonds is 5. The summed E-state index contributed by atoms with van der Waals surface area (Å²) in [7, 11) is 0. The average molecular weight is 377 g/mol. The molecule has 2 N–H and O–H groups in total. The minimum absolute atomic E-state index is 0.184. The average Bonchev–Trinajstić information content (AvgIpc) is 3.23.